The second-order valence-electron chi connectivity index (χ2n) is 5.36. The lowest BCUT2D eigenvalue weighted by Gasteiger charge is -2.12. The molecule has 0 fully saturated rings. The summed E-state index contributed by atoms with van der Waals surface area (Å²) in [6.45, 7) is 2.57. The van der Waals surface area contributed by atoms with Gasteiger partial charge in [0.15, 0.2) is 5.11 Å². The predicted molar refractivity (Wildman–Crippen MR) is 97.4 cm³/mol. The van der Waals surface area contributed by atoms with Crippen LogP contribution in [0.5, 0.6) is 5.75 Å². The van der Waals surface area contributed by atoms with Crippen molar-refractivity contribution >= 4 is 28.9 Å². The minimum Gasteiger partial charge on any atom is -0.494 e. The summed E-state index contributed by atoms with van der Waals surface area (Å²) >= 11 is 4.98. The molecule has 0 aliphatic heterocycles. The van der Waals surface area contributed by atoms with E-state index in [1.54, 1.807) is 24.3 Å². The monoisotopic (exact) mass is 382 g/mol. The van der Waals surface area contributed by atoms with E-state index in [2.05, 4.69) is 10.6 Å². The molecule has 2 aromatic rings. The van der Waals surface area contributed by atoms with E-state index in [4.69, 9.17) is 17.0 Å². The minimum absolute atomic E-state index is 0.0966. The molecule has 0 saturated heterocycles. The number of thiocarbonyl (C=S) groups is 1. The molecule has 8 heteroatoms. The number of carbonyl (C=O) groups is 1. The normalized spacial score (nSPS) is 10.9. The Morgan fingerprint density at radius 1 is 1.15 bits per heavy atom. The molecule has 0 aliphatic carbocycles. The highest BCUT2D eigenvalue weighted by Crippen LogP contribution is 2.30. The Bertz CT molecular complexity index is 777. The van der Waals surface area contributed by atoms with Crippen LogP contribution in [0, 0.1) is 0 Å². The largest absolute Gasteiger partial charge is 0.494 e. The SMILES string of the molecule is CCCOc1ccc(C(=O)NC(=S)Nc2cccc(C(F)(F)F)c2)cc1. The number of carbonyl (C=O) groups excluding carboxylic acids is 1. The minimum atomic E-state index is -4.45. The van der Waals surface area contributed by atoms with E-state index in [1.165, 1.54) is 12.1 Å². The molecule has 0 saturated carbocycles. The average molecular weight is 382 g/mol. The van der Waals surface area contributed by atoms with Gasteiger partial charge in [-0.3, -0.25) is 10.1 Å². The Balaban J connectivity index is 1.96. The van der Waals surface area contributed by atoms with Crippen LogP contribution in [0.3, 0.4) is 0 Å². The number of amides is 1. The van der Waals surface area contributed by atoms with E-state index in [0.29, 0.717) is 17.9 Å². The van der Waals surface area contributed by atoms with Crippen LogP contribution in [0.2, 0.25) is 0 Å². The van der Waals surface area contributed by atoms with Crippen molar-refractivity contribution in [1.29, 1.82) is 0 Å². The lowest BCUT2D eigenvalue weighted by Crippen LogP contribution is -2.34. The number of alkyl halides is 3. The molecule has 2 N–H and O–H groups in total. The van der Waals surface area contributed by atoms with Gasteiger partial charge in [-0.05, 0) is 61.1 Å². The Labute approximate surface area is 154 Å². The molecule has 0 bridgehead atoms. The summed E-state index contributed by atoms with van der Waals surface area (Å²) in [6.07, 6.45) is -3.58. The van der Waals surface area contributed by atoms with Gasteiger partial charge in [0, 0.05) is 11.3 Å². The fourth-order valence-electron chi connectivity index (χ4n) is 2.03. The summed E-state index contributed by atoms with van der Waals surface area (Å²) in [5, 5.41) is 4.90. The lowest BCUT2D eigenvalue weighted by atomic mass is 10.2. The van der Waals surface area contributed by atoms with Crippen LogP contribution < -0.4 is 15.4 Å². The third-order valence-electron chi connectivity index (χ3n) is 3.26. The van der Waals surface area contributed by atoms with Crippen LogP contribution in [0.25, 0.3) is 0 Å². The second kappa shape index (κ2) is 8.66. The van der Waals surface area contributed by atoms with E-state index < -0.39 is 17.6 Å². The summed E-state index contributed by atoms with van der Waals surface area (Å²) in [7, 11) is 0. The van der Waals surface area contributed by atoms with Crippen molar-refractivity contribution in [2.24, 2.45) is 0 Å². The number of nitrogens with one attached hydrogen (secondary N) is 2. The standard InChI is InChI=1S/C18H17F3N2O2S/c1-2-10-25-15-8-6-12(7-9-15)16(24)23-17(26)22-14-5-3-4-13(11-14)18(19,20)21/h3-9,11H,2,10H2,1H3,(H2,22,23,24,26). The smallest absolute Gasteiger partial charge is 0.416 e. The van der Waals surface area contributed by atoms with Crippen LogP contribution in [0.4, 0.5) is 18.9 Å². The molecule has 2 rings (SSSR count). The molecule has 1 amide bonds. The number of hydrogen-bond acceptors (Lipinski definition) is 3. The molecule has 138 valence electrons. The number of rotatable bonds is 5. The molecule has 4 nitrogen and oxygen atoms in total. The van der Waals surface area contributed by atoms with Gasteiger partial charge in [-0.15, -0.1) is 0 Å². The maximum atomic E-state index is 12.7. The van der Waals surface area contributed by atoms with Crippen molar-refractivity contribution < 1.29 is 22.7 Å². The van der Waals surface area contributed by atoms with E-state index in [0.717, 1.165) is 18.6 Å². The summed E-state index contributed by atoms with van der Waals surface area (Å²) in [5.74, 6) is 0.171. The van der Waals surface area contributed by atoms with Crippen molar-refractivity contribution in [2.75, 3.05) is 11.9 Å². The van der Waals surface area contributed by atoms with Gasteiger partial charge in [0.25, 0.3) is 5.91 Å². The predicted octanol–water partition coefficient (Wildman–Crippen LogP) is 4.62. The molecule has 26 heavy (non-hydrogen) atoms. The Hall–Kier alpha value is -2.61. The highest BCUT2D eigenvalue weighted by molar-refractivity contribution is 7.80. The van der Waals surface area contributed by atoms with Gasteiger partial charge < -0.3 is 10.1 Å². The zero-order valence-electron chi connectivity index (χ0n) is 13.9. The molecular formula is C18H17F3N2O2S. The summed E-state index contributed by atoms with van der Waals surface area (Å²) in [4.78, 5) is 12.1. The fraction of sp³-hybridized carbons (Fsp3) is 0.222. The second-order valence-corrected chi connectivity index (χ2v) is 5.77. The number of halogens is 3. The van der Waals surface area contributed by atoms with Crippen LogP contribution in [-0.4, -0.2) is 17.6 Å². The van der Waals surface area contributed by atoms with Gasteiger partial charge in [-0.2, -0.15) is 13.2 Å². The first-order chi connectivity index (χ1) is 12.3. The topological polar surface area (TPSA) is 50.4 Å². The molecule has 0 spiro atoms. The first kappa shape index (κ1) is 19.7. The summed E-state index contributed by atoms with van der Waals surface area (Å²) < 4.78 is 43.5. The number of benzene rings is 2. The Morgan fingerprint density at radius 3 is 2.46 bits per heavy atom. The first-order valence-corrected chi connectivity index (χ1v) is 8.23. The average Bonchev–Trinajstić information content (AvgIpc) is 2.59. The molecule has 2 aromatic carbocycles. The van der Waals surface area contributed by atoms with Crippen LogP contribution in [-0.2, 0) is 6.18 Å². The molecule has 0 radical (unpaired) electrons. The van der Waals surface area contributed by atoms with Crippen molar-refractivity contribution in [2.45, 2.75) is 19.5 Å². The van der Waals surface area contributed by atoms with Crippen LogP contribution in [0.15, 0.2) is 48.5 Å². The Morgan fingerprint density at radius 2 is 1.85 bits per heavy atom. The quantitative estimate of drug-likeness (QED) is 0.741. The third-order valence-corrected chi connectivity index (χ3v) is 3.47. The molecular weight excluding hydrogens is 365 g/mol. The van der Waals surface area contributed by atoms with Crippen LogP contribution in [0.1, 0.15) is 29.3 Å². The summed E-state index contributed by atoms with van der Waals surface area (Å²) in [5.41, 5.74) is -0.324. The zero-order valence-corrected chi connectivity index (χ0v) is 14.7. The maximum Gasteiger partial charge on any atom is 0.416 e. The van der Waals surface area contributed by atoms with E-state index >= 15 is 0 Å². The van der Waals surface area contributed by atoms with Gasteiger partial charge in [-0.25, -0.2) is 0 Å². The van der Waals surface area contributed by atoms with Gasteiger partial charge in [0.05, 0.1) is 12.2 Å². The third kappa shape index (κ3) is 5.73. The van der Waals surface area contributed by atoms with Gasteiger partial charge in [0.1, 0.15) is 5.75 Å². The van der Waals surface area contributed by atoms with Gasteiger partial charge >= 0.3 is 6.18 Å². The molecule has 0 aromatic heterocycles. The van der Waals surface area contributed by atoms with E-state index in [-0.39, 0.29) is 10.8 Å². The van der Waals surface area contributed by atoms with Gasteiger partial charge in [0.2, 0.25) is 0 Å². The zero-order chi connectivity index (χ0) is 19.2. The molecule has 0 atom stereocenters. The van der Waals surface area contributed by atoms with Crippen LogP contribution >= 0.6 is 12.2 Å². The van der Waals surface area contributed by atoms with Crippen molar-refractivity contribution in [1.82, 2.24) is 5.32 Å². The van der Waals surface area contributed by atoms with E-state index in [9.17, 15) is 18.0 Å². The fourth-order valence-corrected chi connectivity index (χ4v) is 2.24. The van der Waals surface area contributed by atoms with E-state index in [1.807, 2.05) is 6.92 Å². The lowest BCUT2D eigenvalue weighted by molar-refractivity contribution is -0.137. The van der Waals surface area contributed by atoms with Crippen molar-refractivity contribution in [3.63, 3.8) is 0 Å². The summed E-state index contributed by atoms with van der Waals surface area (Å²) in [6, 6.07) is 11.0. The number of hydrogen-bond donors (Lipinski definition) is 2. The molecule has 0 heterocycles. The maximum absolute atomic E-state index is 12.7. The highest BCUT2D eigenvalue weighted by Gasteiger charge is 2.30. The number of ether oxygens (including phenoxy) is 1. The first-order valence-electron chi connectivity index (χ1n) is 7.82. The number of anilines is 1. The van der Waals surface area contributed by atoms with Gasteiger partial charge in [-0.1, -0.05) is 13.0 Å². The van der Waals surface area contributed by atoms with Crippen molar-refractivity contribution in [3.05, 3.63) is 59.7 Å². The van der Waals surface area contributed by atoms with Crippen molar-refractivity contribution in [3.8, 4) is 5.75 Å². The highest BCUT2D eigenvalue weighted by atomic mass is 32.1. The molecule has 0 unspecified atom stereocenters. The molecule has 0 aliphatic rings. The Kier molecular flexibility index (Phi) is 6.57.